The van der Waals surface area contributed by atoms with E-state index in [1.165, 1.54) is 33.9 Å². The molecule has 1 aliphatic rings. The smallest absolute Gasteiger partial charge is 0.288 e. The molecule has 1 aliphatic heterocycles. The van der Waals surface area contributed by atoms with E-state index in [0.29, 0.717) is 6.61 Å². The van der Waals surface area contributed by atoms with Gasteiger partial charge in [-0.25, -0.2) is 9.55 Å². The Morgan fingerprint density at radius 2 is 1.86 bits per heavy atom. The number of ether oxygens (including phenoxy) is 1. The SMILES string of the molecule is CCOc1ccc(-c2[nH]c3[n+](c2C)Cc2ccccc2-3)cc1. The minimum atomic E-state index is 0.696. The molecule has 1 aromatic heterocycles. The normalized spacial score (nSPS) is 12.1. The van der Waals surface area contributed by atoms with Gasteiger partial charge in [0.05, 0.1) is 12.2 Å². The van der Waals surface area contributed by atoms with E-state index in [4.69, 9.17) is 4.74 Å². The van der Waals surface area contributed by atoms with Gasteiger partial charge in [-0.3, -0.25) is 0 Å². The Hall–Kier alpha value is -2.55. The second-order valence-electron chi connectivity index (χ2n) is 5.63. The number of hydrogen-bond donors (Lipinski definition) is 1. The van der Waals surface area contributed by atoms with Crippen molar-refractivity contribution >= 4 is 0 Å². The second-order valence-corrected chi connectivity index (χ2v) is 5.63. The Morgan fingerprint density at radius 3 is 2.64 bits per heavy atom. The molecule has 0 radical (unpaired) electrons. The highest BCUT2D eigenvalue weighted by atomic mass is 16.5. The van der Waals surface area contributed by atoms with Crippen LogP contribution in [0.25, 0.3) is 22.6 Å². The number of aromatic amines is 1. The van der Waals surface area contributed by atoms with E-state index in [9.17, 15) is 0 Å². The third kappa shape index (κ3) is 1.93. The molecular formula is C19H19N2O+. The number of aromatic nitrogens is 2. The van der Waals surface area contributed by atoms with Crippen LogP contribution in [0.3, 0.4) is 0 Å². The first-order valence-corrected chi connectivity index (χ1v) is 7.72. The van der Waals surface area contributed by atoms with Crippen LogP contribution in [0.2, 0.25) is 0 Å². The number of benzene rings is 2. The highest BCUT2D eigenvalue weighted by molar-refractivity contribution is 5.68. The summed E-state index contributed by atoms with van der Waals surface area (Å²) >= 11 is 0. The number of imidazole rings is 1. The van der Waals surface area contributed by atoms with Gasteiger partial charge >= 0.3 is 0 Å². The maximum Gasteiger partial charge on any atom is 0.288 e. The van der Waals surface area contributed by atoms with Crippen molar-refractivity contribution in [2.75, 3.05) is 6.61 Å². The standard InChI is InChI=1S/C19H18N2O/c1-3-22-16-10-8-14(9-11-16)18-13(2)21-12-15-6-4-5-7-17(15)19(21)20-18/h4-11H,3,12H2,1-2H3/p+1. The predicted molar refractivity (Wildman–Crippen MR) is 86.9 cm³/mol. The van der Waals surface area contributed by atoms with Crippen LogP contribution in [0.1, 0.15) is 18.2 Å². The van der Waals surface area contributed by atoms with Crippen LogP contribution in [-0.4, -0.2) is 11.6 Å². The summed E-state index contributed by atoms with van der Waals surface area (Å²) in [5, 5.41) is 0. The van der Waals surface area contributed by atoms with Crippen molar-refractivity contribution in [3.8, 4) is 28.4 Å². The van der Waals surface area contributed by atoms with Gasteiger partial charge in [-0.1, -0.05) is 18.2 Å². The van der Waals surface area contributed by atoms with Gasteiger partial charge in [0, 0.05) is 18.1 Å². The van der Waals surface area contributed by atoms with E-state index in [2.05, 4.69) is 52.9 Å². The zero-order valence-corrected chi connectivity index (χ0v) is 12.9. The van der Waals surface area contributed by atoms with E-state index in [0.717, 1.165) is 12.3 Å². The number of H-pyrrole nitrogens is 1. The molecule has 2 heterocycles. The number of rotatable bonds is 3. The molecule has 0 bridgehead atoms. The van der Waals surface area contributed by atoms with E-state index in [-0.39, 0.29) is 0 Å². The molecule has 0 spiro atoms. The van der Waals surface area contributed by atoms with Crippen molar-refractivity contribution in [2.24, 2.45) is 0 Å². The number of nitrogens with one attached hydrogen (secondary N) is 1. The fourth-order valence-corrected chi connectivity index (χ4v) is 3.21. The van der Waals surface area contributed by atoms with Gasteiger partial charge in [0.1, 0.15) is 18.0 Å². The fourth-order valence-electron chi connectivity index (χ4n) is 3.21. The third-order valence-corrected chi connectivity index (χ3v) is 4.33. The van der Waals surface area contributed by atoms with Crippen molar-refractivity contribution in [1.29, 1.82) is 0 Å². The average Bonchev–Trinajstić information content (AvgIpc) is 3.06. The minimum Gasteiger partial charge on any atom is -0.494 e. The van der Waals surface area contributed by atoms with Crippen molar-refractivity contribution < 1.29 is 9.30 Å². The summed E-state index contributed by atoms with van der Waals surface area (Å²) in [4.78, 5) is 3.61. The highest BCUT2D eigenvalue weighted by Gasteiger charge is 2.31. The summed E-state index contributed by atoms with van der Waals surface area (Å²) in [6.45, 7) is 5.83. The molecule has 0 aliphatic carbocycles. The monoisotopic (exact) mass is 291 g/mol. The van der Waals surface area contributed by atoms with Crippen molar-refractivity contribution in [3.05, 3.63) is 59.8 Å². The lowest BCUT2D eigenvalue weighted by Gasteiger charge is -2.03. The molecule has 3 aromatic rings. The van der Waals surface area contributed by atoms with Gasteiger partial charge in [0.15, 0.2) is 5.69 Å². The van der Waals surface area contributed by atoms with Gasteiger partial charge in [-0.15, -0.1) is 0 Å². The Morgan fingerprint density at radius 1 is 1.09 bits per heavy atom. The van der Waals surface area contributed by atoms with Crippen molar-refractivity contribution in [3.63, 3.8) is 0 Å². The van der Waals surface area contributed by atoms with Crippen LogP contribution < -0.4 is 9.30 Å². The molecule has 4 rings (SSSR count). The van der Waals surface area contributed by atoms with Gasteiger partial charge in [0.2, 0.25) is 0 Å². The largest absolute Gasteiger partial charge is 0.494 e. The van der Waals surface area contributed by atoms with Crippen LogP contribution in [-0.2, 0) is 6.54 Å². The predicted octanol–water partition coefficient (Wildman–Crippen LogP) is 3.71. The first kappa shape index (κ1) is 13.1. The van der Waals surface area contributed by atoms with Gasteiger partial charge in [0.25, 0.3) is 5.82 Å². The Balaban J connectivity index is 1.76. The summed E-state index contributed by atoms with van der Waals surface area (Å²) in [6.07, 6.45) is 0. The van der Waals surface area contributed by atoms with Gasteiger partial charge in [-0.05, 0) is 37.3 Å². The Bertz CT molecular complexity index is 831. The molecule has 2 aromatic carbocycles. The molecule has 1 N–H and O–H groups in total. The van der Waals surface area contributed by atoms with E-state index >= 15 is 0 Å². The van der Waals surface area contributed by atoms with Crippen LogP contribution in [0, 0.1) is 6.92 Å². The molecular weight excluding hydrogens is 272 g/mol. The van der Waals surface area contributed by atoms with Crippen molar-refractivity contribution in [1.82, 2.24) is 4.98 Å². The van der Waals surface area contributed by atoms with Gasteiger partial charge in [-0.2, -0.15) is 0 Å². The molecule has 0 saturated carbocycles. The second kappa shape index (κ2) is 5.02. The fraction of sp³-hybridized carbons (Fsp3) is 0.211. The third-order valence-electron chi connectivity index (χ3n) is 4.33. The quantitative estimate of drug-likeness (QED) is 0.573. The average molecular weight is 291 g/mol. The first-order chi connectivity index (χ1) is 10.8. The lowest BCUT2D eigenvalue weighted by molar-refractivity contribution is -0.676. The molecule has 3 nitrogen and oxygen atoms in total. The summed E-state index contributed by atoms with van der Waals surface area (Å²) in [6, 6.07) is 16.9. The highest BCUT2D eigenvalue weighted by Crippen LogP contribution is 2.31. The zero-order valence-electron chi connectivity index (χ0n) is 12.9. The van der Waals surface area contributed by atoms with E-state index in [1.54, 1.807) is 0 Å². The lowest BCUT2D eigenvalue weighted by atomic mass is 10.1. The van der Waals surface area contributed by atoms with Gasteiger partial charge < -0.3 is 4.74 Å². The summed E-state index contributed by atoms with van der Waals surface area (Å²) < 4.78 is 7.88. The topological polar surface area (TPSA) is 28.9 Å². The maximum atomic E-state index is 5.52. The summed E-state index contributed by atoms with van der Waals surface area (Å²) in [5.41, 5.74) is 6.35. The van der Waals surface area contributed by atoms with Crippen molar-refractivity contribution in [2.45, 2.75) is 20.4 Å². The lowest BCUT2D eigenvalue weighted by Crippen LogP contribution is -2.33. The maximum absolute atomic E-state index is 5.52. The molecule has 22 heavy (non-hydrogen) atoms. The number of hydrogen-bond acceptors (Lipinski definition) is 1. The zero-order chi connectivity index (χ0) is 15.1. The minimum absolute atomic E-state index is 0.696. The summed E-state index contributed by atoms with van der Waals surface area (Å²) in [7, 11) is 0. The molecule has 110 valence electrons. The molecule has 0 atom stereocenters. The molecule has 0 unspecified atom stereocenters. The molecule has 0 amide bonds. The van der Waals surface area contributed by atoms with Crippen LogP contribution in [0.4, 0.5) is 0 Å². The van der Waals surface area contributed by atoms with Crippen LogP contribution in [0.15, 0.2) is 48.5 Å². The summed E-state index contributed by atoms with van der Waals surface area (Å²) in [5.74, 6) is 2.12. The van der Waals surface area contributed by atoms with E-state index < -0.39 is 0 Å². The number of nitrogens with zero attached hydrogens (tertiary/aromatic N) is 1. The molecule has 0 fully saturated rings. The number of fused-ring (bicyclic) bond motifs is 3. The van der Waals surface area contributed by atoms with Crippen LogP contribution in [0.5, 0.6) is 5.75 Å². The Kier molecular flexibility index (Phi) is 3.00. The molecule has 3 heteroatoms. The van der Waals surface area contributed by atoms with Crippen LogP contribution >= 0.6 is 0 Å². The first-order valence-electron chi connectivity index (χ1n) is 7.72. The van der Waals surface area contributed by atoms with E-state index in [1.807, 2.05) is 19.1 Å². The molecule has 0 saturated heterocycles. The Labute approximate surface area is 130 Å².